The SMILES string of the molecule is C[n+]1ncc2ccc(Br)cc2c1Cl. The van der Waals surface area contributed by atoms with Crippen LogP contribution in [0, 0.1) is 0 Å². The highest BCUT2D eigenvalue weighted by atomic mass is 79.9. The fraction of sp³-hybridized carbons (Fsp3) is 0.111. The van der Waals surface area contributed by atoms with E-state index in [1.54, 1.807) is 10.9 Å². The first-order chi connectivity index (χ1) is 6.18. The van der Waals surface area contributed by atoms with Crippen molar-refractivity contribution in [3.8, 4) is 0 Å². The fourth-order valence-electron chi connectivity index (χ4n) is 1.19. The molecule has 0 spiro atoms. The van der Waals surface area contributed by atoms with E-state index in [4.69, 9.17) is 11.6 Å². The minimum atomic E-state index is 0.652. The highest BCUT2D eigenvalue weighted by Crippen LogP contribution is 2.22. The van der Waals surface area contributed by atoms with Gasteiger partial charge in [0.15, 0.2) is 7.05 Å². The average Bonchev–Trinajstić information content (AvgIpc) is 2.12. The largest absolute Gasteiger partial charge is 0.308 e. The summed E-state index contributed by atoms with van der Waals surface area (Å²) in [5.41, 5.74) is 0. The molecule has 1 aromatic heterocycles. The van der Waals surface area contributed by atoms with E-state index < -0.39 is 0 Å². The van der Waals surface area contributed by atoms with Gasteiger partial charge in [-0.3, -0.25) is 0 Å². The van der Waals surface area contributed by atoms with Gasteiger partial charge in [-0.2, -0.15) is 0 Å². The summed E-state index contributed by atoms with van der Waals surface area (Å²) in [6.07, 6.45) is 1.80. The highest BCUT2D eigenvalue weighted by Gasteiger charge is 2.10. The molecular weight excluding hydrogens is 251 g/mol. The Kier molecular flexibility index (Phi) is 2.22. The van der Waals surface area contributed by atoms with E-state index in [2.05, 4.69) is 21.0 Å². The first kappa shape index (κ1) is 8.91. The predicted molar refractivity (Wildman–Crippen MR) is 55.6 cm³/mol. The van der Waals surface area contributed by atoms with Crippen LogP contribution in [0.2, 0.25) is 5.15 Å². The van der Waals surface area contributed by atoms with Crippen molar-refractivity contribution in [1.29, 1.82) is 0 Å². The first-order valence-corrected chi connectivity index (χ1v) is 4.95. The molecule has 0 fully saturated rings. The molecule has 2 aromatic rings. The van der Waals surface area contributed by atoms with Crippen molar-refractivity contribution in [1.82, 2.24) is 5.10 Å². The van der Waals surface area contributed by atoms with E-state index in [0.717, 1.165) is 15.2 Å². The lowest BCUT2D eigenvalue weighted by molar-refractivity contribution is -0.727. The van der Waals surface area contributed by atoms with Crippen molar-refractivity contribution < 1.29 is 4.68 Å². The standard InChI is InChI=1S/C9H7BrClN2/c1-13-9(11)8-4-7(10)3-2-6(8)5-12-13/h2-5H,1H3/q+1. The van der Waals surface area contributed by atoms with Gasteiger partial charge < -0.3 is 0 Å². The smallest absolute Gasteiger partial charge is 0.0749 e. The molecule has 1 aromatic carbocycles. The zero-order valence-corrected chi connectivity index (χ0v) is 9.30. The molecule has 2 rings (SSSR count). The molecule has 66 valence electrons. The minimum absolute atomic E-state index is 0.652. The van der Waals surface area contributed by atoms with Crippen LogP contribution in [-0.2, 0) is 7.05 Å². The molecule has 1 heterocycles. The van der Waals surface area contributed by atoms with E-state index >= 15 is 0 Å². The summed E-state index contributed by atoms with van der Waals surface area (Å²) >= 11 is 9.48. The van der Waals surface area contributed by atoms with Crippen LogP contribution < -0.4 is 4.68 Å². The molecule has 0 saturated heterocycles. The fourth-order valence-corrected chi connectivity index (χ4v) is 1.76. The van der Waals surface area contributed by atoms with Crippen LogP contribution in [0.4, 0.5) is 0 Å². The van der Waals surface area contributed by atoms with E-state index in [0.29, 0.717) is 5.15 Å². The monoisotopic (exact) mass is 257 g/mol. The third kappa shape index (κ3) is 1.54. The molecule has 0 amide bonds. The molecule has 0 atom stereocenters. The number of halogens is 2. The number of fused-ring (bicyclic) bond motifs is 1. The number of aromatic nitrogens is 2. The third-order valence-electron chi connectivity index (χ3n) is 1.89. The number of benzene rings is 1. The summed E-state index contributed by atoms with van der Waals surface area (Å²) in [6, 6.07) is 5.94. The van der Waals surface area contributed by atoms with Gasteiger partial charge >= 0.3 is 5.15 Å². The van der Waals surface area contributed by atoms with Crippen LogP contribution in [0.25, 0.3) is 10.8 Å². The van der Waals surface area contributed by atoms with Crippen LogP contribution in [-0.4, -0.2) is 5.10 Å². The second-order valence-electron chi connectivity index (χ2n) is 2.79. The molecular formula is C9H7BrClN2+. The van der Waals surface area contributed by atoms with E-state index in [1.807, 2.05) is 25.2 Å². The Morgan fingerprint density at radius 2 is 2.23 bits per heavy atom. The van der Waals surface area contributed by atoms with Crippen LogP contribution in [0.1, 0.15) is 0 Å². The van der Waals surface area contributed by atoms with Crippen molar-refractivity contribution >= 4 is 38.3 Å². The summed E-state index contributed by atoms with van der Waals surface area (Å²) in [6.45, 7) is 0. The summed E-state index contributed by atoms with van der Waals surface area (Å²) in [5.74, 6) is 0. The zero-order chi connectivity index (χ0) is 9.42. The zero-order valence-electron chi connectivity index (χ0n) is 6.96. The maximum atomic E-state index is 6.08. The normalized spacial score (nSPS) is 10.7. The van der Waals surface area contributed by atoms with Gasteiger partial charge in [-0.1, -0.05) is 26.7 Å². The molecule has 0 aliphatic heterocycles. The second-order valence-corrected chi connectivity index (χ2v) is 4.06. The Morgan fingerprint density at radius 3 is 3.00 bits per heavy atom. The van der Waals surface area contributed by atoms with Crippen LogP contribution in [0.3, 0.4) is 0 Å². The first-order valence-electron chi connectivity index (χ1n) is 3.78. The van der Waals surface area contributed by atoms with Crippen LogP contribution in [0.5, 0.6) is 0 Å². The topological polar surface area (TPSA) is 16.8 Å². The number of nitrogens with zero attached hydrogens (tertiary/aromatic N) is 2. The molecule has 0 aliphatic rings. The lowest BCUT2D eigenvalue weighted by Crippen LogP contribution is -2.33. The van der Waals surface area contributed by atoms with Gasteiger partial charge in [-0.05, 0) is 28.8 Å². The van der Waals surface area contributed by atoms with Crippen LogP contribution in [0.15, 0.2) is 28.9 Å². The quantitative estimate of drug-likeness (QED) is 0.664. The van der Waals surface area contributed by atoms with Gasteiger partial charge in [0.25, 0.3) is 0 Å². The van der Waals surface area contributed by atoms with Gasteiger partial charge in [-0.15, -0.1) is 0 Å². The predicted octanol–water partition coefficient (Wildman–Crippen LogP) is 2.48. The van der Waals surface area contributed by atoms with Crippen molar-refractivity contribution in [3.63, 3.8) is 0 Å². The Morgan fingerprint density at radius 1 is 1.46 bits per heavy atom. The Labute approximate surface area is 89.3 Å². The number of aryl methyl sites for hydroxylation is 1. The second kappa shape index (κ2) is 3.24. The Hall–Kier alpha value is -0.670. The summed E-state index contributed by atoms with van der Waals surface area (Å²) in [5, 5.41) is 6.81. The molecule has 13 heavy (non-hydrogen) atoms. The van der Waals surface area contributed by atoms with Crippen molar-refractivity contribution in [3.05, 3.63) is 34.0 Å². The van der Waals surface area contributed by atoms with Gasteiger partial charge in [0.2, 0.25) is 0 Å². The van der Waals surface area contributed by atoms with Gasteiger partial charge in [0, 0.05) is 9.86 Å². The van der Waals surface area contributed by atoms with Gasteiger partial charge in [-0.25, -0.2) is 0 Å². The number of hydrogen-bond donors (Lipinski definition) is 0. The molecule has 0 N–H and O–H groups in total. The molecule has 2 nitrogen and oxygen atoms in total. The van der Waals surface area contributed by atoms with E-state index in [9.17, 15) is 0 Å². The Bertz CT molecular complexity index is 465. The number of rotatable bonds is 0. The molecule has 0 aliphatic carbocycles. The van der Waals surface area contributed by atoms with Crippen molar-refractivity contribution in [2.75, 3.05) is 0 Å². The molecule has 4 heteroatoms. The van der Waals surface area contributed by atoms with E-state index in [-0.39, 0.29) is 0 Å². The summed E-state index contributed by atoms with van der Waals surface area (Å²) < 4.78 is 2.67. The maximum absolute atomic E-state index is 6.08. The summed E-state index contributed by atoms with van der Waals surface area (Å²) in [7, 11) is 1.82. The average molecular weight is 259 g/mol. The van der Waals surface area contributed by atoms with E-state index in [1.165, 1.54) is 0 Å². The maximum Gasteiger partial charge on any atom is 0.308 e. The van der Waals surface area contributed by atoms with Gasteiger partial charge in [0.05, 0.1) is 5.39 Å². The lowest BCUT2D eigenvalue weighted by atomic mass is 10.2. The van der Waals surface area contributed by atoms with Crippen molar-refractivity contribution in [2.24, 2.45) is 7.05 Å². The molecule has 0 saturated carbocycles. The molecule has 0 unspecified atom stereocenters. The Balaban J connectivity index is 2.89. The van der Waals surface area contributed by atoms with Gasteiger partial charge in [0.1, 0.15) is 6.20 Å². The van der Waals surface area contributed by atoms with Crippen LogP contribution >= 0.6 is 27.5 Å². The number of hydrogen-bond acceptors (Lipinski definition) is 1. The highest BCUT2D eigenvalue weighted by molar-refractivity contribution is 9.10. The van der Waals surface area contributed by atoms with Crippen molar-refractivity contribution in [2.45, 2.75) is 0 Å². The lowest BCUT2D eigenvalue weighted by Gasteiger charge is -1.97. The molecule has 0 bridgehead atoms. The molecule has 0 radical (unpaired) electrons. The summed E-state index contributed by atoms with van der Waals surface area (Å²) in [4.78, 5) is 0. The minimum Gasteiger partial charge on any atom is -0.0749 e. The third-order valence-corrected chi connectivity index (χ3v) is 2.83.